The number of hydrogen-bond donors (Lipinski definition) is 1. The van der Waals surface area contributed by atoms with Crippen LogP contribution < -0.4 is 0 Å². The average molecular weight is 474 g/mol. The lowest BCUT2D eigenvalue weighted by atomic mass is 9.93. The van der Waals surface area contributed by atoms with Gasteiger partial charge in [0, 0.05) is 31.0 Å². The summed E-state index contributed by atoms with van der Waals surface area (Å²) in [5, 5.41) is 11.3. The zero-order valence-corrected chi connectivity index (χ0v) is 19.9. The Morgan fingerprint density at radius 2 is 1.83 bits per heavy atom. The second-order valence-electron chi connectivity index (χ2n) is 8.58. The van der Waals surface area contributed by atoms with Crippen LogP contribution in [-0.2, 0) is 20.9 Å². The summed E-state index contributed by atoms with van der Waals surface area (Å²) in [6, 6.07) is 11.3. The molecule has 1 amide bonds. The number of rotatable bonds is 7. The van der Waals surface area contributed by atoms with Gasteiger partial charge < -0.3 is 19.3 Å². The van der Waals surface area contributed by atoms with Gasteiger partial charge in [0.05, 0.1) is 30.6 Å². The smallest absolute Gasteiger partial charge is 0.337 e. The predicted molar refractivity (Wildman–Crippen MR) is 130 cm³/mol. The number of aliphatic hydroxyl groups is 1. The molecular weight excluding hydrogens is 446 g/mol. The van der Waals surface area contributed by atoms with Gasteiger partial charge in [-0.05, 0) is 49.6 Å². The Morgan fingerprint density at radius 1 is 1.09 bits per heavy atom. The zero-order valence-electron chi connectivity index (χ0n) is 19.9. The third-order valence-electron chi connectivity index (χ3n) is 6.21. The first-order valence-corrected chi connectivity index (χ1v) is 11.3. The molecule has 1 saturated heterocycles. The quantitative estimate of drug-likeness (QED) is 0.242. The van der Waals surface area contributed by atoms with Crippen LogP contribution in [0.4, 0.5) is 0 Å². The van der Waals surface area contributed by atoms with E-state index in [0.29, 0.717) is 36.2 Å². The van der Waals surface area contributed by atoms with Crippen LogP contribution in [0, 0.1) is 13.8 Å². The molecule has 1 aliphatic heterocycles. The number of ketones is 1. The molecule has 4 rings (SSSR count). The number of aliphatic hydroxyl groups excluding tert-OH is 1. The normalized spacial score (nSPS) is 17.1. The molecule has 0 saturated carbocycles. The highest BCUT2D eigenvalue weighted by Gasteiger charge is 2.46. The van der Waals surface area contributed by atoms with Gasteiger partial charge in [0.2, 0.25) is 0 Å². The van der Waals surface area contributed by atoms with Gasteiger partial charge in [0.15, 0.2) is 0 Å². The number of aryl methyl sites for hydroxylation is 3. The van der Waals surface area contributed by atoms with Crippen molar-refractivity contribution in [1.29, 1.82) is 0 Å². The summed E-state index contributed by atoms with van der Waals surface area (Å²) in [6.45, 7) is 4.66. The fraction of sp³-hybridized carbons (Fsp3) is 0.259. The van der Waals surface area contributed by atoms with Crippen molar-refractivity contribution >= 4 is 23.4 Å². The van der Waals surface area contributed by atoms with Crippen LogP contribution in [0.5, 0.6) is 0 Å². The highest BCUT2D eigenvalue weighted by Crippen LogP contribution is 2.40. The van der Waals surface area contributed by atoms with Crippen molar-refractivity contribution in [3.63, 3.8) is 0 Å². The summed E-state index contributed by atoms with van der Waals surface area (Å²) in [7, 11) is 1.30. The molecule has 0 aliphatic carbocycles. The molecule has 35 heavy (non-hydrogen) atoms. The van der Waals surface area contributed by atoms with E-state index < -0.39 is 23.7 Å². The fourth-order valence-corrected chi connectivity index (χ4v) is 4.36. The van der Waals surface area contributed by atoms with Crippen LogP contribution in [0.1, 0.15) is 45.1 Å². The molecule has 0 radical (unpaired) electrons. The van der Waals surface area contributed by atoms with Crippen molar-refractivity contribution in [2.45, 2.75) is 32.9 Å². The minimum absolute atomic E-state index is 0.0390. The number of benzene rings is 2. The molecule has 1 aromatic heterocycles. The average Bonchev–Trinajstić information content (AvgIpc) is 3.47. The van der Waals surface area contributed by atoms with Gasteiger partial charge in [0.25, 0.3) is 11.7 Å². The molecular formula is C27H27N3O5. The summed E-state index contributed by atoms with van der Waals surface area (Å²) in [5.41, 5.74) is 3.23. The van der Waals surface area contributed by atoms with Gasteiger partial charge in [-0.1, -0.05) is 29.8 Å². The Hall–Kier alpha value is -4.20. The number of ether oxygens (including phenoxy) is 1. The van der Waals surface area contributed by atoms with Gasteiger partial charge in [-0.2, -0.15) is 0 Å². The van der Waals surface area contributed by atoms with E-state index in [-0.39, 0.29) is 11.3 Å². The van der Waals surface area contributed by atoms with Crippen LogP contribution in [-0.4, -0.2) is 50.9 Å². The van der Waals surface area contributed by atoms with Gasteiger partial charge in [-0.3, -0.25) is 9.59 Å². The third kappa shape index (κ3) is 4.73. The zero-order chi connectivity index (χ0) is 25.1. The second-order valence-corrected chi connectivity index (χ2v) is 8.58. The van der Waals surface area contributed by atoms with Crippen molar-refractivity contribution in [3.8, 4) is 0 Å². The highest BCUT2D eigenvalue weighted by molar-refractivity contribution is 6.46. The molecule has 3 aromatic rings. The number of methoxy groups -OCH3 is 1. The van der Waals surface area contributed by atoms with E-state index >= 15 is 0 Å². The lowest BCUT2D eigenvalue weighted by Crippen LogP contribution is -2.31. The number of esters is 1. The lowest BCUT2D eigenvalue weighted by Gasteiger charge is -2.25. The summed E-state index contributed by atoms with van der Waals surface area (Å²) in [6.07, 6.45) is 5.79. The van der Waals surface area contributed by atoms with Gasteiger partial charge >= 0.3 is 5.97 Å². The SMILES string of the molecule is COC(=O)c1ccc(C2/C(=C(\O)c3cc(C)ccc3C)C(=O)C(=O)N2CCCn2ccnc2)cc1. The third-order valence-corrected chi connectivity index (χ3v) is 6.21. The number of nitrogens with zero attached hydrogens (tertiary/aromatic N) is 3. The molecule has 1 unspecified atom stereocenters. The Balaban J connectivity index is 1.77. The Kier molecular flexibility index (Phi) is 6.82. The number of likely N-dealkylation sites (tertiary alicyclic amines) is 1. The molecule has 8 heteroatoms. The molecule has 2 aromatic carbocycles. The number of imidazole rings is 1. The summed E-state index contributed by atoms with van der Waals surface area (Å²) >= 11 is 0. The maximum absolute atomic E-state index is 13.2. The predicted octanol–water partition coefficient (Wildman–Crippen LogP) is 3.80. The number of carbonyl (C=O) groups excluding carboxylic acids is 3. The molecule has 1 N–H and O–H groups in total. The molecule has 2 heterocycles. The molecule has 1 fully saturated rings. The van der Waals surface area contributed by atoms with Crippen LogP contribution in [0.3, 0.4) is 0 Å². The Morgan fingerprint density at radius 3 is 2.49 bits per heavy atom. The van der Waals surface area contributed by atoms with Gasteiger partial charge in [0.1, 0.15) is 5.76 Å². The minimum atomic E-state index is -0.788. The Labute approximate surface area is 203 Å². The summed E-state index contributed by atoms with van der Waals surface area (Å²) in [4.78, 5) is 43.8. The largest absolute Gasteiger partial charge is 0.507 e. The first kappa shape index (κ1) is 23.9. The van der Waals surface area contributed by atoms with Crippen molar-refractivity contribution in [2.24, 2.45) is 0 Å². The molecule has 0 spiro atoms. The van der Waals surface area contributed by atoms with E-state index in [9.17, 15) is 19.5 Å². The topological polar surface area (TPSA) is 102 Å². The van der Waals surface area contributed by atoms with Gasteiger partial charge in [-0.15, -0.1) is 0 Å². The number of Topliss-reactive ketones (excluding diaryl/α,β-unsaturated/α-hetero) is 1. The van der Waals surface area contributed by atoms with Crippen LogP contribution in [0.25, 0.3) is 5.76 Å². The molecule has 1 atom stereocenters. The van der Waals surface area contributed by atoms with E-state index in [2.05, 4.69) is 4.98 Å². The maximum atomic E-state index is 13.2. The van der Waals surface area contributed by atoms with Crippen LogP contribution in [0.15, 0.2) is 66.8 Å². The first-order chi connectivity index (χ1) is 16.8. The number of carbonyl (C=O) groups is 3. The molecule has 0 bridgehead atoms. The second kappa shape index (κ2) is 9.97. The monoisotopic (exact) mass is 473 g/mol. The lowest BCUT2D eigenvalue weighted by molar-refractivity contribution is -0.139. The highest BCUT2D eigenvalue weighted by atomic mass is 16.5. The number of aromatic nitrogens is 2. The van der Waals surface area contributed by atoms with E-state index in [1.807, 2.05) is 36.7 Å². The molecule has 180 valence electrons. The van der Waals surface area contributed by atoms with E-state index in [4.69, 9.17) is 4.74 Å². The van der Waals surface area contributed by atoms with E-state index in [1.54, 1.807) is 42.9 Å². The first-order valence-electron chi connectivity index (χ1n) is 11.3. The standard InChI is InChI=1S/C27H27N3O5/c1-17-5-6-18(2)21(15-17)24(31)22-23(19-7-9-20(10-8-19)27(34)35-3)30(26(33)25(22)32)13-4-12-29-14-11-28-16-29/h5-11,14-16,23,31H,4,12-13H2,1-3H3/b24-22+. The number of amides is 1. The summed E-state index contributed by atoms with van der Waals surface area (Å²) < 4.78 is 6.67. The van der Waals surface area contributed by atoms with Crippen molar-refractivity contribution < 1.29 is 24.2 Å². The Bertz CT molecular complexity index is 1290. The van der Waals surface area contributed by atoms with Crippen molar-refractivity contribution in [2.75, 3.05) is 13.7 Å². The van der Waals surface area contributed by atoms with Crippen LogP contribution >= 0.6 is 0 Å². The summed E-state index contributed by atoms with van der Waals surface area (Å²) in [5.74, 6) is -2.08. The van der Waals surface area contributed by atoms with Gasteiger partial charge in [-0.25, -0.2) is 9.78 Å². The van der Waals surface area contributed by atoms with Crippen molar-refractivity contribution in [3.05, 3.63) is 94.6 Å². The number of hydrogen-bond acceptors (Lipinski definition) is 6. The minimum Gasteiger partial charge on any atom is -0.507 e. The van der Waals surface area contributed by atoms with E-state index in [1.165, 1.54) is 12.0 Å². The maximum Gasteiger partial charge on any atom is 0.337 e. The molecule has 1 aliphatic rings. The fourth-order valence-electron chi connectivity index (χ4n) is 4.36. The van der Waals surface area contributed by atoms with Crippen LogP contribution in [0.2, 0.25) is 0 Å². The van der Waals surface area contributed by atoms with E-state index in [0.717, 1.165) is 11.1 Å². The molecule has 8 nitrogen and oxygen atoms in total. The van der Waals surface area contributed by atoms with Crippen molar-refractivity contribution in [1.82, 2.24) is 14.5 Å².